The van der Waals surface area contributed by atoms with Crippen molar-refractivity contribution in [3.63, 3.8) is 0 Å². The van der Waals surface area contributed by atoms with Crippen LogP contribution in [0, 0.1) is 26.7 Å². The number of rotatable bonds is 3. The molecule has 1 fully saturated rings. The second-order valence-corrected chi connectivity index (χ2v) is 4.96. The fraction of sp³-hybridized carbons (Fsp3) is 0.400. The number of allylic oxidation sites excluding steroid dienone is 1. The van der Waals surface area contributed by atoms with Crippen LogP contribution in [0.5, 0.6) is 0 Å². The molecule has 1 N–H and O–H groups in total. The maximum Gasteiger partial charge on any atom is 0.328 e. The van der Waals surface area contributed by atoms with Crippen molar-refractivity contribution in [1.29, 1.82) is 0 Å². The summed E-state index contributed by atoms with van der Waals surface area (Å²) in [5.74, 6) is -0.392. The zero-order chi connectivity index (χ0) is 12.6. The Hall–Kier alpha value is -1.57. The van der Waals surface area contributed by atoms with Gasteiger partial charge in [-0.1, -0.05) is 12.1 Å². The Bertz CT molecular complexity index is 494. The average Bonchev–Trinajstić information content (AvgIpc) is 3.04. The van der Waals surface area contributed by atoms with Crippen LogP contribution in [0.4, 0.5) is 0 Å². The Balaban J connectivity index is 2.50. The molecule has 1 aromatic rings. The van der Waals surface area contributed by atoms with Crippen LogP contribution < -0.4 is 0 Å². The second kappa shape index (κ2) is 4.36. The lowest BCUT2D eigenvalue weighted by Crippen LogP contribution is -1.98. The highest BCUT2D eigenvalue weighted by Crippen LogP contribution is 2.43. The first kappa shape index (κ1) is 11.9. The molecule has 2 heteroatoms. The van der Waals surface area contributed by atoms with E-state index in [1.807, 2.05) is 0 Å². The molecule has 0 aliphatic heterocycles. The maximum absolute atomic E-state index is 10.9. The summed E-state index contributed by atoms with van der Waals surface area (Å²) in [7, 11) is 0. The molecule has 0 heterocycles. The fourth-order valence-electron chi connectivity index (χ4n) is 2.21. The van der Waals surface area contributed by atoms with Gasteiger partial charge in [-0.15, -0.1) is 0 Å². The molecule has 0 bridgehead atoms. The van der Waals surface area contributed by atoms with Crippen LogP contribution in [0.1, 0.15) is 35.1 Å². The molecule has 0 atom stereocenters. The normalized spacial score (nSPS) is 16.1. The molecule has 17 heavy (non-hydrogen) atoms. The number of carbonyl (C=O) groups is 1. The molecule has 1 aliphatic rings. The summed E-state index contributed by atoms with van der Waals surface area (Å²) in [4.78, 5) is 10.9. The van der Waals surface area contributed by atoms with Crippen LogP contribution in [0.3, 0.4) is 0 Å². The zero-order valence-corrected chi connectivity index (χ0v) is 10.6. The van der Waals surface area contributed by atoms with Gasteiger partial charge < -0.3 is 5.11 Å². The Morgan fingerprint density at radius 1 is 1.18 bits per heavy atom. The molecule has 0 aromatic heterocycles. The Labute approximate surface area is 102 Å². The van der Waals surface area contributed by atoms with Crippen LogP contribution in [0.25, 0.3) is 5.57 Å². The maximum atomic E-state index is 10.9. The molecule has 1 aromatic carbocycles. The Kier molecular flexibility index (Phi) is 3.05. The van der Waals surface area contributed by atoms with E-state index < -0.39 is 5.97 Å². The molecule has 0 saturated heterocycles. The lowest BCUT2D eigenvalue weighted by molar-refractivity contribution is -0.131. The zero-order valence-electron chi connectivity index (χ0n) is 10.6. The van der Waals surface area contributed by atoms with Gasteiger partial charge in [-0.05, 0) is 67.4 Å². The first-order valence-corrected chi connectivity index (χ1v) is 6.01. The van der Waals surface area contributed by atoms with Crippen molar-refractivity contribution in [2.75, 3.05) is 0 Å². The topological polar surface area (TPSA) is 37.3 Å². The minimum Gasteiger partial charge on any atom is -0.478 e. The van der Waals surface area contributed by atoms with Crippen LogP contribution >= 0.6 is 0 Å². The van der Waals surface area contributed by atoms with Gasteiger partial charge in [-0.3, -0.25) is 0 Å². The van der Waals surface area contributed by atoms with Gasteiger partial charge in [0, 0.05) is 6.08 Å². The predicted octanol–water partition coefficient (Wildman–Crippen LogP) is 3.49. The molecule has 90 valence electrons. The van der Waals surface area contributed by atoms with Crippen LogP contribution in [-0.4, -0.2) is 11.1 Å². The van der Waals surface area contributed by atoms with Crippen molar-refractivity contribution < 1.29 is 9.90 Å². The summed E-state index contributed by atoms with van der Waals surface area (Å²) >= 11 is 0. The van der Waals surface area contributed by atoms with Gasteiger partial charge in [0.05, 0.1) is 0 Å². The smallest absolute Gasteiger partial charge is 0.328 e. The third kappa shape index (κ3) is 2.57. The van der Waals surface area contributed by atoms with Crippen molar-refractivity contribution >= 4 is 11.5 Å². The van der Waals surface area contributed by atoms with E-state index in [2.05, 4.69) is 32.9 Å². The number of hydrogen-bond donors (Lipinski definition) is 1. The first-order chi connectivity index (χ1) is 7.99. The van der Waals surface area contributed by atoms with Crippen LogP contribution in [0.15, 0.2) is 18.2 Å². The van der Waals surface area contributed by atoms with E-state index in [-0.39, 0.29) is 0 Å². The number of aryl methyl sites for hydroxylation is 3. The molecule has 2 rings (SSSR count). The molecule has 0 amide bonds. The SMILES string of the molecule is Cc1cc(C)c(/C(=C/C(=O)O)C2CC2)cc1C. The average molecular weight is 230 g/mol. The van der Waals surface area contributed by atoms with Crippen molar-refractivity contribution in [1.82, 2.24) is 0 Å². The van der Waals surface area contributed by atoms with Crippen LogP contribution in [-0.2, 0) is 4.79 Å². The van der Waals surface area contributed by atoms with E-state index in [0.717, 1.165) is 24.0 Å². The minimum atomic E-state index is -0.843. The Morgan fingerprint density at radius 2 is 1.76 bits per heavy atom. The Morgan fingerprint density at radius 3 is 2.29 bits per heavy atom. The predicted molar refractivity (Wildman–Crippen MR) is 69.0 cm³/mol. The lowest BCUT2D eigenvalue weighted by Gasteiger charge is -2.12. The summed E-state index contributed by atoms with van der Waals surface area (Å²) < 4.78 is 0. The fourth-order valence-corrected chi connectivity index (χ4v) is 2.21. The lowest BCUT2D eigenvalue weighted by atomic mass is 9.92. The van der Waals surface area contributed by atoms with Gasteiger partial charge in [0.1, 0.15) is 0 Å². The molecular weight excluding hydrogens is 212 g/mol. The highest BCUT2D eigenvalue weighted by atomic mass is 16.4. The summed E-state index contributed by atoms with van der Waals surface area (Å²) in [6, 6.07) is 4.26. The minimum absolute atomic E-state index is 0.451. The largest absolute Gasteiger partial charge is 0.478 e. The van der Waals surface area contributed by atoms with Gasteiger partial charge in [-0.25, -0.2) is 4.79 Å². The third-order valence-electron chi connectivity index (χ3n) is 3.45. The molecular formula is C15H18O2. The van der Waals surface area contributed by atoms with E-state index in [1.165, 1.54) is 22.8 Å². The third-order valence-corrected chi connectivity index (χ3v) is 3.45. The summed E-state index contributed by atoms with van der Waals surface area (Å²) in [5, 5.41) is 8.96. The van der Waals surface area contributed by atoms with Crippen molar-refractivity contribution in [2.24, 2.45) is 5.92 Å². The van der Waals surface area contributed by atoms with Gasteiger partial charge in [-0.2, -0.15) is 0 Å². The van der Waals surface area contributed by atoms with Crippen molar-refractivity contribution in [2.45, 2.75) is 33.6 Å². The number of hydrogen-bond acceptors (Lipinski definition) is 1. The van der Waals surface area contributed by atoms with Gasteiger partial charge in [0.25, 0.3) is 0 Å². The highest BCUT2D eigenvalue weighted by Gasteiger charge is 2.28. The van der Waals surface area contributed by atoms with Gasteiger partial charge in [0.2, 0.25) is 0 Å². The van der Waals surface area contributed by atoms with Gasteiger partial charge in [0.15, 0.2) is 0 Å². The quantitative estimate of drug-likeness (QED) is 0.807. The number of aliphatic carboxylic acids is 1. The van der Waals surface area contributed by atoms with Crippen LogP contribution in [0.2, 0.25) is 0 Å². The van der Waals surface area contributed by atoms with E-state index >= 15 is 0 Å². The number of carboxylic acid groups (broad SMARTS) is 1. The second-order valence-electron chi connectivity index (χ2n) is 4.96. The standard InChI is InChI=1S/C15H18O2/c1-9-6-11(3)13(7-10(9)2)14(8-15(16)17)12-4-5-12/h6-8,12H,4-5H2,1-3H3,(H,16,17)/b14-8+. The van der Waals surface area contributed by atoms with E-state index in [4.69, 9.17) is 5.11 Å². The van der Waals surface area contributed by atoms with Gasteiger partial charge >= 0.3 is 5.97 Å². The molecule has 1 saturated carbocycles. The van der Waals surface area contributed by atoms with E-state index in [1.54, 1.807) is 0 Å². The van der Waals surface area contributed by atoms with Crippen molar-refractivity contribution in [3.8, 4) is 0 Å². The molecule has 0 radical (unpaired) electrons. The molecule has 1 aliphatic carbocycles. The first-order valence-electron chi connectivity index (χ1n) is 6.01. The van der Waals surface area contributed by atoms with E-state index in [9.17, 15) is 4.79 Å². The molecule has 2 nitrogen and oxygen atoms in total. The monoisotopic (exact) mass is 230 g/mol. The summed E-state index contributed by atoms with van der Waals surface area (Å²) in [6.45, 7) is 6.22. The molecule has 0 unspecified atom stereocenters. The number of carboxylic acids is 1. The summed E-state index contributed by atoms with van der Waals surface area (Å²) in [6.07, 6.45) is 3.62. The molecule has 0 spiro atoms. The highest BCUT2D eigenvalue weighted by molar-refractivity contribution is 5.91. The summed E-state index contributed by atoms with van der Waals surface area (Å²) in [5.41, 5.74) is 5.77. The van der Waals surface area contributed by atoms with Crippen molar-refractivity contribution in [3.05, 3.63) is 40.5 Å². The van der Waals surface area contributed by atoms with E-state index in [0.29, 0.717) is 5.92 Å². The number of benzene rings is 1.